The number of fused-ring (bicyclic) bond motifs is 3. The average molecular weight is 514 g/mol. The molecule has 0 bridgehead atoms. The smallest absolute Gasteiger partial charge is 0.148 e. The van der Waals surface area contributed by atoms with Gasteiger partial charge in [0.05, 0.1) is 16.9 Å². The minimum Gasteiger partial charge on any atom is -0.282 e. The summed E-state index contributed by atoms with van der Waals surface area (Å²) in [5.74, 6) is 0. The van der Waals surface area contributed by atoms with Crippen molar-refractivity contribution in [2.75, 3.05) is 0 Å². The molecular formula is C22H12Br2ClN3. The average Bonchev–Trinajstić information content (AvgIpc) is 3.09. The molecule has 0 atom stereocenters. The van der Waals surface area contributed by atoms with Crippen LogP contribution in [0.5, 0.6) is 0 Å². The molecule has 2 heterocycles. The van der Waals surface area contributed by atoms with Gasteiger partial charge in [0.15, 0.2) is 0 Å². The predicted octanol–water partition coefficient (Wildman–Crippen LogP) is 7.39. The maximum absolute atomic E-state index is 6.26. The van der Waals surface area contributed by atoms with Gasteiger partial charge in [0, 0.05) is 30.5 Å². The third kappa shape index (κ3) is 3.04. The highest BCUT2D eigenvalue weighted by atomic mass is 79.9. The van der Waals surface area contributed by atoms with Crippen molar-refractivity contribution < 1.29 is 0 Å². The number of halogens is 3. The molecule has 0 fully saturated rings. The van der Waals surface area contributed by atoms with E-state index in [0.717, 1.165) is 48.0 Å². The highest BCUT2D eigenvalue weighted by Gasteiger charge is 2.18. The van der Waals surface area contributed by atoms with Crippen LogP contribution in [0.1, 0.15) is 0 Å². The Balaban J connectivity index is 1.89. The Labute approximate surface area is 183 Å². The zero-order valence-corrected chi connectivity index (χ0v) is 18.3. The molecule has 0 radical (unpaired) electrons. The van der Waals surface area contributed by atoms with Crippen LogP contribution >= 0.6 is 43.5 Å². The van der Waals surface area contributed by atoms with Crippen molar-refractivity contribution in [3.05, 3.63) is 87.0 Å². The Bertz CT molecular complexity index is 1330. The molecule has 0 N–H and O–H groups in total. The number of nitrogens with zero attached hydrogens (tertiary/aromatic N) is 3. The topological polar surface area (TPSA) is 30.2 Å². The van der Waals surface area contributed by atoms with Gasteiger partial charge in [-0.2, -0.15) is 0 Å². The van der Waals surface area contributed by atoms with Crippen LogP contribution in [0.2, 0.25) is 5.02 Å². The van der Waals surface area contributed by atoms with E-state index in [-0.39, 0.29) is 0 Å². The van der Waals surface area contributed by atoms with Crippen LogP contribution in [0.4, 0.5) is 0 Å². The Morgan fingerprint density at radius 3 is 2.11 bits per heavy atom. The molecule has 0 saturated heterocycles. The lowest BCUT2D eigenvalue weighted by Crippen LogP contribution is -1.93. The summed E-state index contributed by atoms with van der Waals surface area (Å²) in [5, 5.41) is 1.59. The number of benzene rings is 3. The minimum atomic E-state index is 0.667. The zero-order valence-electron chi connectivity index (χ0n) is 14.4. The molecule has 0 unspecified atom stereocenters. The number of rotatable bonds is 2. The lowest BCUT2D eigenvalue weighted by Gasteiger charge is -2.07. The fourth-order valence-electron chi connectivity index (χ4n) is 3.35. The van der Waals surface area contributed by atoms with Crippen LogP contribution in [0, 0.1) is 0 Å². The van der Waals surface area contributed by atoms with Crippen LogP contribution < -0.4 is 0 Å². The molecule has 136 valence electrons. The summed E-state index contributed by atoms with van der Waals surface area (Å²) in [4.78, 5) is 9.64. The molecule has 0 aliphatic heterocycles. The number of aromatic nitrogens is 3. The van der Waals surface area contributed by atoms with Crippen LogP contribution in [-0.2, 0) is 0 Å². The maximum atomic E-state index is 6.26. The fourth-order valence-corrected chi connectivity index (χ4v) is 4.05. The summed E-state index contributed by atoms with van der Waals surface area (Å²) in [6.45, 7) is 0. The Morgan fingerprint density at radius 1 is 0.786 bits per heavy atom. The Morgan fingerprint density at radius 2 is 1.43 bits per heavy atom. The van der Waals surface area contributed by atoms with Crippen molar-refractivity contribution >= 4 is 60.0 Å². The van der Waals surface area contributed by atoms with Crippen molar-refractivity contribution in [1.82, 2.24) is 14.4 Å². The molecule has 28 heavy (non-hydrogen) atoms. The Hall–Kier alpha value is -2.21. The van der Waals surface area contributed by atoms with Gasteiger partial charge < -0.3 is 0 Å². The molecule has 0 spiro atoms. The molecule has 5 rings (SSSR count). The molecular weight excluding hydrogens is 502 g/mol. The first-order valence-corrected chi connectivity index (χ1v) is 10.5. The first-order valence-electron chi connectivity index (χ1n) is 8.58. The van der Waals surface area contributed by atoms with Crippen molar-refractivity contribution in [2.24, 2.45) is 0 Å². The summed E-state index contributed by atoms with van der Waals surface area (Å²) >= 11 is 13.3. The largest absolute Gasteiger partial charge is 0.282 e. The zero-order chi connectivity index (χ0) is 19.3. The van der Waals surface area contributed by atoms with E-state index in [2.05, 4.69) is 61.1 Å². The minimum absolute atomic E-state index is 0.667. The number of hydrogen-bond donors (Lipinski definition) is 0. The summed E-state index contributed by atoms with van der Waals surface area (Å²) in [5.41, 5.74) is 5.72. The summed E-state index contributed by atoms with van der Waals surface area (Å²) < 4.78 is 4.11. The van der Waals surface area contributed by atoms with E-state index in [1.54, 1.807) is 0 Å². The van der Waals surface area contributed by atoms with Crippen LogP contribution in [0.15, 0.2) is 82.0 Å². The van der Waals surface area contributed by atoms with Gasteiger partial charge in [0.25, 0.3) is 0 Å². The highest BCUT2D eigenvalue weighted by molar-refractivity contribution is 9.10. The molecule has 3 nitrogen and oxygen atoms in total. The first kappa shape index (κ1) is 17.9. The summed E-state index contributed by atoms with van der Waals surface area (Å²) in [6, 6.07) is 22.1. The lowest BCUT2D eigenvalue weighted by atomic mass is 10.1. The first-order chi connectivity index (χ1) is 13.6. The predicted molar refractivity (Wildman–Crippen MR) is 122 cm³/mol. The molecule has 5 aromatic rings. The van der Waals surface area contributed by atoms with Gasteiger partial charge in [-0.3, -0.25) is 4.40 Å². The second-order valence-electron chi connectivity index (χ2n) is 6.42. The summed E-state index contributed by atoms with van der Waals surface area (Å²) in [7, 11) is 0. The van der Waals surface area contributed by atoms with E-state index in [4.69, 9.17) is 16.6 Å². The van der Waals surface area contributed by atoms with E-state index in [1.165, 1.54) is 0 Å². The standard InChI is InChI=1S/C22H12Br2ClN3/c23-15-5-1-13(2-6-15)20-21(14-3-7-16(24)8-4-14)28-12-26-19-10-9-17(25)11-18(19)22(28)27-20/h1-12H. The van der Waals surface area contributed by atoms with Crippen molar-refractivity contribution in [3.8, 4) is 22.5 Å². The highest BCUT2D eigenvalue weighted by Crippen LogP contribution is 2.35. The van der Waals surface area contributed by atoms with Gasteiger partial charge in [-0.05, 0) is 42.5 Å². The normalized spacial score (nSPS) is 11.4. The van der Waals surface area contributed by atoms with E-state index in [9.17, 15) is 0 Å². The van der Waals surface area contributed by atoms with Gasteiger partial charge in [-0.15, -0.1) is 0 Å². The van der Waals surface area contributed by atoms with Gasteiger partial charge >= 0.3 is 0 Å². The van der Waals surface area contributed by atoms with Gasteiger partial charge in [0.2, 0.25) is 0 Å². The summed E-state index contributed by atoms with van der Waals surface area (Å²) in [6.07, 6.45) is 1.83. The second-order valence-corrected chi connectivity index (χ2v) is 8.69. The molecule has 0 aliphatic carbocycles. The van der Waals surface area contributed by atoms with E-state index >= 15 is 0 Å². The van der Waals surface area contributed by atoms with E-state index in [0.29, 0.717) is 5.02 Å². The lowest BCUT2D eigenvalue weighted by molar-refractivity contribution is 1.12. The molecule has 6 heteroatoms. The van der Waals surface area contributed by atoms with E-state index < -0.39 is 0 Å². The quantitative estimate of drug-likeness (QED) is 0.246. The molecule has 0 saturated carbocycles. The Kier molecular flexibility index (Phi) is 4.46. The second kappa shape index (κ2) is 6.99. The monoisotopic (exact) mass is 511 g/mol. The van der Waals surface area contributed by atoms with Crippen LogP contribution in [0.25, 0.3) is 39.1 Å². The third-order valence-corrected chi connectivity index (χ3v) is 5.95. The molecule has 0 aliphatic rings. The maximum Gasteiger partial charge on any atom is 0.148 e. The van der Waals surface area contributed by atoms with Crippen molar-refractivity contribution in [3.63, 3.8) is 0 Å². The SMILES string of the molecule is Clc1ccc2ncn3c(-c4ccc(Br)cc4)c(-c4ccc(Br)cc4)nc3c2c1. The van der Waals surface area contributed by atoms with Crippen molar-refractivity contribution in [2.45, 2.75) is 0 Å². The third-order valence-electron chi connectivity index (χ3n) is 4.66. The van der Waals surface area contributed by atoms with Crippen molar-refractivity contribution in [1.29, 1.82) is 0 Å². The number of hydrogen-bond acceptors (Lipinski definition) is 2. The molecule has 2 aromatic heterocycles. The number of imidazole rings is 1. The van der Waals surface area contributed by atoms with Gasteiger partial charge in [-0.25, -0.2) is 9.97 Å². The van der Waals surface area contributed by atoms with Crippen LogP contribution in [-0.4, -0.2) is 14.4 Å². The van der Waals surface area contributed by atoms with E-state index in [1.807, 2.05) is 53.2 Å². The van der Waals surface area contributed by atoms with Gasteiger partial charge in [-0.1, -0.05) is 67.7 Å². The molecule has 3 aromatic carbocycles. The van der Waals surface area contributed by atoms with Crippen LogP contribution in [0.3, 0.4) is 0 Å². The fraction of sp³-hybridized carbons (Fsp3) is 0. The molecule has 0 amide bonds. The van der Waals surface area contributed by atoms with Gasteiger partial charge in [0.1, 0.15) is 12.0 Å².